The standard InChI is InChI=1S/C19H30N4O2/c1-4-23-9-5-6-15(19(23)16-10-20-22(3)12-16)11-21(2)13-17-7-8-18(14-24)25-17/h7-8,10,12,15,19,24H,4-6,9,11,13-14H2,1-3H3/t15-,19+/m0/s1. The average molecular weight is 346 g/mol. The van der Waals surface area contributed by atoms with Crippen LogP contribution >= 0.6 is 0 Å². The molecule has 1 fully saturated rings. The Morgan fingerprint density at radius 3 is 2.80 bits per heavy atom. The van der Waals surface area contributed by atoms with Gasteiger partial charge in [-0.2, -0.15) is 5.10 Å². The average Bonchev–Trinajstić information content (AvgIpc) is 3.23. The summed E-state index contributed by atoms with van der Waals surface area (Å²) in [5.74, 6) is 2.12. The summed E-state index contributed by atoms with van der Waals surface area (Å²) in [5.41, 5.74) is 1.32. The summed E-state index contributed by atoms with van der Waals surface area (Å²) in [5, 5.41) is 13.5. The highest BCUT2D eigenvalue weighted by Gasteiger charge is 2.33. The van der Waals surface area contributed by atoms with Gasteiger partial charge in [0.1, 0.15) is 18.1 Å². The molecule has 2 aromatic rings. The van der Waals surface area contributed by atoms with Crippen molar-refractivity contribution in [2.75, 3.05) is 26.7 Å². The third kappa shape index (κ3) is 4.32. The molecule has 0 radical (unpaired) electrons. The van der Waals surface area contributed by atoms with Gasteiger partial charge in [-0.05, 0) is 51.0 Å². The molecule has 0 spiro atoms. The van der Waals surface area contributed by atoms with Gasteiger partial charge in [0.05, 0.1) is 12.7 Å². The molecule has 2 aromatic heterocycles. The summed E-state index contributed by atoms with van der Waals surface area (Å²) >= 11 is 0. The largest absolute Gasteiger partial charge is 0.462 e. The molecule has 0 aromatic carbocycles. The molecule has 0 unspecified atom stereocenters. The lowest BCUT2D eigenvalue weighted by Gasteiger charge is -2.42. The summed E-state index contributed by atoms with van der Waals surface area (Å²) in [6.07, 6.45) is 6.66. The van der Waals surface area contributed by atoms with Crippen molar-refractivity contribution in [2.45, 2.75) is 39.0 Å². The Hall–Kier alpha value is -1.63. The smallest absolute Gasteiger partial charge is 0.129 e. The monoisotopic (exact) mass is 346 g/mol. The fourth-order valence-electron chi connectivity index (χ4n) is 4.10. The van der Waals surface area contributed by atoms with E-state index in [2.05, 4.69) is 35.1 Å². The molecule has 1 aliphatic rings. The first kappa shape index (κ1) is 18.2. The van der Waals surface area contributed by atoms with Crippen LogP contribution in [0.2, 0.25) is 0 Å². The SMILES string of the molecule is CCN1CCC[C@@H](CN(C)Cc2ccc(CO)o2)[C@@H]1c1cnn(C)c1. The zero-order chi connectivity index (χ0) is 17.8. The van der Waals surface area contributed by atoms with Crippen LogP contribution in [0.4, 0.5) is 0 Å². The van der Waals surface area contributed by atoms with E-state index >= 15 is 0 Å². The van der Waals surface area contributed by atoms with Crippen LogP contribution < -0.4 is 0 Å². The van der Waals surface area contributed by atoms with Crippen LogP contribution in [-0.2, 0) is 20.2 Å². The number of aryl methyl sites for hydroxylation is 1. The predicted molar refractivity (Wildman–Crippen MR) is 96.9 cm³/mol. The first-order valence-corrected chi connectivity index (χ1v) is 9.20. The summed E-state index contributed by atoms with van der Waals surface area (Å²) in [4.78, 5) is 4.91. The van der Waals surface area contributed by atoms with E-state index in [4.69, 9.17) is 9.52 Å². The van der Waals surface area contributed by atoms with Crippen molar-refractivity contribution < 1.29 is 9.52 Å². The predicted octanol–water partition coefficient (Wildman–Crippen LogP) is 2.41. The number of rotatable bonds is 7. The van der Waals surface area contributed by atoms with E-state index in [0.717, 1.165) is 31.9 Å². The van der Waals surface area contributed by atoms with Crippen molar-refractivity contribution >= 4 is 0 Å². The quantitative estimate of drug-likeness (QED) is 0.834. The molecular weight excluding hydrogens is 316 g/mol. The Labute approximate surface area is 150 Å². The number of aliphatic hydroxyl groups excluding tert-OH is 1. The number of furan rings is 1. The molecule has 0 bridgehead atoms. The van der Waals surface area contributed by atoms with E-state index in [-0.39, 0.29) is 6.61 Å². The van der Waals surface area contributed by atoms with Gasteiger partial charge in [0, 0.05) is 31.4 Å². The Bertz CT molecular complexity index is 666. The molecule has 0 aliphatic carbocycles. The number of hydrogen-bond donors (Lipinski definition) is 1. The topological polar surface area (TPSA) is 57.7 Å². The van der Waals surface area contributed by atoms with Gasteiger partial charge in [-0.15, -0.1) is 0 Å². The van der Waals surface area contributed by atoms with Crippen LogP contribution in [0.5, 0.6) is 0 Å². The maximum Gasteiger partial charge on any atom is 0.129 e. The van der Waals surface area contributed by atoms with E-state index < -0.39 is 0 Å². The van der Waals surface area contributed by atoms with Gasteiger partial charge in [0.2, 0.25) is 0 Å². The lowest BCUT2D eigenvalue weighted by molar-refractivity contribution is 0.0732. The van der Waals surface area contributed by atoms with Crippen LogP contribution in [0.3, 0.4) is 0 Å². The Balaban J connectivity index is 1.69. The molecule has 1 aliphatic heterocycles. The van der Waals surface area contributed by atoms with Gasteiger partial charge in [0.25, 0.3) is 0 Å². The second-order valence-corrected chi connectivity index (χ2v) is 7.15. The maximum absolute atomic E-state index is 9.14. The third-order valence-electron chi connectivity index (χ3n) is 5.18. The van der Waals surface area contributed by atoms with E-state index in [0.29, 0.717) is 17.7 Å². The second kappa shape index (κ2) is 8.17. The fourth-order valence-corrected chi connectivity index (χ4v) is 4.10. The molecule has 0 amide bonds. The van der Waals surface area contributed by atoms with Crippen molar-refractivity contribution in [3.05, 3.63) is 41.6 Å². The van der Waals surface area contributed by atoms with Gasteiger partial charge in [-0.25, -0.2) is 0 Å². The normalized spacial score (nSPS) is 22.0. The zero-order valence-electron chi connectivity index (χ0n) is 15.6. The van der Waals surface area contributed by atoms with Gasteiger partial charge in [0.15, 0.2) is 0 Å². The van der Waals surface area contributed by atoms with Crippen LogP contribution in [0.25, 0.3) is 0 Å². The molecule has 3 rings (SSSR count). The second-order valence-electron chi connectivity index (χ2n) is 7.15. The highest BCUT2D eigenvalue weighted by molar-refractivity contribution is 5.14. The molecule has 2 atom stereocenters. The number of aliphatic hydroxyl groups is 1. The van der Waals surface area contributed by atoms with Gasteiger partial charge in [-0.3, -0.25) is 14.5 Å². The Morgan fingerprint density at radius 1 is 1.36 bits per heavy atom. The molecule has 0 saturated carbocycles. The Morgan fingerprint density at radius 2 is 2.16 bits per heavy atom. The fraction of sp³-hybridized carbons (Fsp3) is 0.632. The van der Waals surface area contributed by atoms with Crippen LogP contribution in [0.1, 0.15) is 42.9 Å². The number of nitrogens with zero attached hydrogens (tertiary/aromatic N) is 4. The van der Waals surface area contributed by atoms with Crippen molar-refractivity contribution in [2.24, 2.45) is 13.0 Å². The van der Waals surface area contributed by atoms with Gasteiger partial charge in [-0.1, -0.05) is 6.92 Å². The molecular formula is C19H30N4O2. The van der Waals surface area contributed by atoms with Crippen molar-refractivity contribution in [3.63, 3.8) is 0 Å². The number of aromatic nitrogens is 2. The number of likely N-dealkylation sites (tertiary alicyclic amines) is 1. The van der Waals surface area contributed by atoms with Crippen LogP contribution in [-0.4, -0.2) is 51.4 Å². The molecule has 3 heterocycles. The minimum atomic E-state index is -0.0408. The van der Waals surface area contributed by atoms with Crippen LogP contribution in [0, 0.1) is 5.92 Å². The van der Waals surface area contributed by atoms with Gasteiger partial charge >= 0.3 is 0 Å². The lowest BCUT2D eigenvalue weighted by atomic mass is 9.85. The maximum atomic E-state index is 9.14. The molecule has 138 valence electrons. The molecule has 25 heavy (non-hydrogen) atoms. The number of hydrogen-bond acceptors (Lipinski definition) is 5. The van der Waals surface area contributed by atoms with E-state index in [9.17, 15) is 0 Å². The van der Waals surface area contributed by atoms with Crippen molar-refractivity contribution in [1.29, 1.82) is 0 Å². The van der Waals surface area contributed by atoms with E-state index in [1.807, 2.05) is 30.1 Å². The molecule has 6 heteroatoms. The minimum absolute atomic E-state index is 0.0408. The van der Waals surface area contributed by atoms with Crippen LogP contribution in [0.15, 0.2) is 28.9 Å². The summed E-state index contributed by atoms with van der Waals surface area (Å²) in [7, 11) is 4.13. The van der Waals surface area contributed by atoms with E-state index in [1.54, 1.807) is 0 Å². The number of piperidine rings is 1. The first-order valence-electron chi connectivity index (χ1n) is 9.20. The highest BCUT2D eigenvalue weighted by atomic mass is 16.4. The first-order chi connectivity index (χ1) is 12.1. The van der Waals surface area contributed by atoms with E-state index in [1.165, 1.54) is 18.4 Å². The Kier molecular flexibility index (Phi) is 5.93. The molecule has 1 saturated heterocycles. The zero-order valence-corrected chi connectivity index (χ0v) is 15.6. The lowest BCUT2D eigenvalue weighted by Crippen LogP contribution is -2.42. The third-order valence-corrected chi connectivity index (χ3v) is 5.18. The summed E-state index contributed by atoms with van der Waals surface area (Å²) in [6, 6.07) is 4.24. The molecule has 6 nitrogen and oxygen atoms in total. The molecule has 1 N–H and O–H groups in total. The highest BCUT2D eigenvalue weighted by Crippen LogP contribution is 2.36. The summed E-state index contributed by atoms with van der Waals surface area (Å²) in [6.45, 7) is 6.22. The minimum Gasteiger partial charge on any atom is -0.462 e. The summed E-state index contributed by atoms with van der Waals surface area (Å²) < 4.78 is 7.53. The van der Waals surface area contributed by atoms with Crippen molar-refractivity contribution in [1.82, 2.24) is 19.6 Å². The van der Waals surface area contributed by atoms with Gasteiger partial charge < -0.3 is 9.52 Å². The van der Waals surface area contributed by atoms with Crippen molar-refractivity contribution in [3.8, 4) is 0 Å².